The largest absolute Gasteiger partial charge is 0.504 e. The van der Waals surface area contributed by atoms with E-state index in [0.717, 1.165) is 36.8 Å². The minimum atomic E-state index is -0.721. The summed E-state index contributed by atoms with van der Waals surface area (Å²) >= 11 is 0. The molecule has 1 aromatic heterocycles. The molecule has 0 unspecified atom stereocenters. The van der Waals surface area contributed by atoms with Gasteiger partial charge >= 0.3 is 0 Å². The molecule has 4 nitrogen and oxygen atoms in total. The third-order valence-corrected chi connectivity index (χ3v) is 5.56. The highest BCUT2D eigenvalue weighted by atomic mass is 19.1. The van der Waals surface area contributed by atoms with Crippen LogP contribution in [0.2, 0.25) is 0 Å². The number of phenols is 1. The zero-order valence-electron chi connectivity index (χ0n) is 15.6. The van der Waals surface area contributed by atoms with Gasteiger partial charge in [-0.2, -0.15) is 0 Å². The van der Waals surface area contributed by atoms with Crippen LogP contribution in [0.1, 0.15) is 42.7 Å². The maximum Gasteiger partial charge on any atom is 0.257 e. The lowest BCUT2D eigenvalue weighted by molar-refractivity contribution is 0.433. The van der Waals surface area contributed by atoms with Crippen molar-refractivity contribution < 1.29 is 9.50 Å². The summed E-state index contributed by atoms with van der Waals surface area (Å²) in [4.78, 5) is 17.8. The van der Waals surface area contributed by atoms with Crippen molar-refractivity contribution in [2.24, 2.45) is 0 Å². The van der Waals surface area contributed by atoms with E-state index in [1.165, 1.54) is 12.1 Å². The van der Waals surface area contributed by atoms with Gasteiger partial charge in [-0.3, -0.25) is 9.36 Å². The van der Waals surface area contributed by atoms with E-state index in [2.05, 4.69) is 4.98 Å². The summed E-state index contributed by atoms with van der Waals surface area (Å²) in [5.74, 6) is -0.657. The molecular weight excluding hydrogens is 355 g/mol. The molecule has 0 spiro atoms. The number of aryl methyl sites for hydroxylation is 1. The molecule has 144 valence electrons. The lowest BCUT2D eigenvalue weighted by Crippen LogP contribution is -2.28. The Hall–Kier alpha value is -2.95. The first-order chi connectivity index (χ1) is 13.6. The summed E-state index contributed by atoms with van der Waals surface area (Å²) in [6.07, 6.45) is 6.53. The molecule has 0 aliphatic heterocycles. The summed E-state index contributed by atoms with van der Waals surface area (Å²) in [7, 11) is 0. The molecule has 1 heterocycles. The molecule has 4 rings (SSSR count). The van der Waals surface area contributed by atoms with E-state index in [1.807, 2.05) is 30.3 Å². The lowest BCUT2D eigenvalue weighted by Gasteiger charge is -2.17. The fourth-order valence-corrected chi connectivity index (χ4v) is 4.03. The van der Waals surface area contributed by atoms with Gasteiger partial charge in [0, 0.05) is 18.3 Å². The molecule has 3 aromatic rings. The van der Waals surface area contributed by atoms with Crippen molar-refractivity contribution in [2.75, 3.05) is 0 Å². The number of benzene rings is 2. The van der Waals surface area contributed by atoms with Crippen LogP contribution in [0, 0.1) is 5.82 Å². The molecule has 0 radical (unpaired) electrons. The van der Waals surface area contributed by atoms with Gasteiger partial charge in [-0.25, -0.2) is 9.37 Å². The van der Waals surface area contributed by atoms with E-state index in [-0.39, 0.29) is 17.0 Å². The van der Waals surface area contributed by atoms with E-state index in [0.29, 0.717) is 18.8 Å². The van der Waals surface area contributed by atoms with E-state index < -0.39 is 11.6 Å². The van der Waals surface area contributed by atoms with Crippen molar-refractivity contribution in [1.82, 2.24) is 9.55 Å². The first-order valence-corrected chi connectivity index (χ1v) is 9.76. The molecule has 1 saturated carbocycles. The average molecular weight is 378 g/mol. The SMILES string of the molecule is O=c1c(C2CCCC2)cnc(-c2cccc(F)c2O)n1CCc1ccccc1. The number of aromatic nitrogens is 2. The first-order valence-electron chi connectivity index (χ1n) is 9.76. The summed E-state index contributed by atoms with van der Waals surface area (Å²) in [6, 6.07) is 14.2. The number of rotatable bonds is 5. The van der Waals surface area contributed by atoms with Gasteiger partial charge in [0.05, 0.1) is 5.56 Å². The van der Waals surface area contributed by atoms with Crippen LogP contribution >= 0.6 is 0 Å². The Balaban J connectivity index is 1.79. The third-order valence-electron chi connectivity index (χ3n) is 5.56. The van der Waals surface area contributed by atoms with Gasteiger partial charge in [-0.1, -0.05) is 49.2 Å². The highest BCUT2D eigenvalue weighted by Crippen LogP contribution is 2.34. The van der Waals surface area contributed by atoms with Gasteiger partial charge in [0.1, 0.15) is 5.82 Å². The lowest BCUT2D eigenvalue weighted by atomic mass is 10.00. The quantitative estimate of drug-likeness (QED) is 0.703. The second-order valence-corrected chi connectivity index (χ2v) is 7.35. The summed E-state index contributed by atoms with van der Waals surface area (Å²) < 4.78 is 15.5. The minimum absolute atomic E-state index is 0.0866. The van der Waals surface area contributed by atoms with Gasteiger partial charge in [-0.15, -0.1) is 0 Å². The predicted molar refractivity (Wildman–Crippen MR) is 107 cm³/mol. The predicted octanol–water partition coefficient (Wildman–Crippen LogP) is 4.66. The summed E-state index contributed by atoms with van der Waals surface area (Å²) in [6.45, 7) is 0.418. The molecule has 1 aliphatic rings. The van der Waals surface area contributed by atoms with Crippen molar-refractivity contribution in [3.8, 4) is 17.1 Å². The molecule has 1 N–H and O–H groups in total. The number of nitrogens with zero attached hydrogens (tertiary/aromatic N) is 2. The van der Waals surface area contributed by atoms with E-state index in [9.17, 15) is 14.3 Å². The Labute approximate surface area is 163 Å². The Bertz CT molecular complexity index is 1020. The van der Waals surface area contributed by atoms with Crippen molar-refractivity contribution in [3.63, 3.8) is 0 Å². The molecule has 0 atom stereocenters. The van der Waals surface area contributed by atoms with Gasteiger partial charge < -0.3 is 5.11 Å². The van der Waals surface area contributed by atoms with Crippen LogP contribution in [-0.4, -0.2) is 14.7 Å². The van der Waals surface area contributed by atoms with Crippen molar-refractivity contribution in [3.05, 3.63) is 82.0 Å². The second kappa shape index (κ2) is 7.97. The minimum Gasteiger partial charge on any atom is -0.504 e. The first kappa shape index (κ1) is 18.4. The molecule has 0 saturated heterocycles. The van der Waals surface area contributed by atoms with E-state index >= 15 is 0 Å². The van der Waals surface area contributed by atoms with Gasteiger partial charge in [0.15, 0.2) is 11.6 Å². The Morgan fingerprint density at radius 2 is 1.82 bits per heavy atom. The fraction of sp³-hybridized carbons (Fsp3) is 0.304. The van der Waals surface area contributed by atoms with Crippen LogP contribution in [-0.2, 0) is 13.0 Å². The topological polar surface area (TPSA) is 55.1 Å². The second-order valence-electron chi connectivity index (χ2n) is 7.35. The number of halogens is 1. The maximum atomic E-state index is 13.9. The summed E-state index contributed by atoms with van der Waals surface area (Å²) in [5.41, 5.74) is 1.99. The molecule has 0 bridgehead atoms. The Morgan fingerprint density at radius 1 is 1.07 bits per heavy atom. The molecule has 28 heavy (non-hydrogen) atoms. The highest BCUT2D eigenvalue weighted by molar-refractivity contribution is 5.64. The average Bonchev–Trinajstić information content (AvgIpc) is 3.24. The summed E-state index contributed by atoms with van der Waals surface area (Å²) in [5, 5.41) is 10.2. The van der Waals surface area contributed by atoms with Crippen LogP contribution in [0.3, 0.4) is 0 Å². The molecule has 5 heteroatoms. The maximum absolute atomic E-state index is 13.9. The zero-order chi connectivity index (χ0) is 19.5. The zero-order valence-corrected chi connectivity index (χ0v) is 15.6. The number of phenolic OH excluding ortho intramolecular Hbond substituents is 1. The van der Waals surface area contributed by atoms with Gasteiger partial charge in [0.25, 0.3) is 5.56 Å². The standard InChI is InChI=1S/C23H23FN2O2/c24-20-12-6-11-18(21(20)27)22-25-15-19(17-9-4-5-10-17)23(28)26(22)14-13-16-7-2-1-3-8-16/h1-3,6-8,11-12,15,17,27H,4-5,9-10,13-14H2. The molecule has 1 fully saturated rings. The smallest absolute Gasteiger partial charge is 0.257 e. The van der Waals surface area contributed by atoms with Gasteiger partial charge in [0.2, 0.25) is 0 Å². The highest BCUT2D eigenvalue weighted by Gasteiger charge is 2.23. The number of para-hydroxylation sites is 1. The normalized spacial score (nSPS) is 14.5. The van der Waals surface area contributed by atoms with Crippen LogP contribution < -0.4 is 5.56 Å². The van der Waals surface area contributed by atoms with Crippen LogP contribution in [0.25, 0.3) is 11.4 Å². The fourth-order valence-electron chi connectivity index (χ4n) is 4.03. The molecule has 0 amide bonds. The van der Waals surface area contributed by atoms with Crippen LogP contribution in [0.4, 0.5) is 4.39 Å². The monoisotopic (exact) mass is 378 g/mol. The Morgan fingerprint density at radius 3 is 2.57 bits per heavy atom. The van der Waals surface area contributed by atoms with E-state index in [4.69, 9.17) is 0 Å². The number of hydrogen-bond donors (Lipinski definition) is 1. The third kappa shape index (κ3) is 3.57. The van der Waals surface area contributed by atoms with Crippen LogP contribution in [0.5, 0.6) is 5.75 Å². The molecule has 2 aromatic carbocycles. The van der Waals surface area contributed by atoms with E-state index in [1.54, 1.807) is 16.8 Å². The van der Waals surface area contributed by atoms with Crippen molar-refractivity contribution >= 4 is 0 Å². The molecular formula is C23H23FN2O2. The Kier molecular flexibility index (Phi) is 5.24. The molecule has 1 aliphatic carbocycles. The van der Waals surface area contributed by atoms with Gasteiger partial charge in [-0.05, 0) is 42.9 Å². The number of hydrogen-bond acceptors (Lipinski definition) is 3. The van der Waals surface area contributed by atoms with Crippen molar-refractivity contribution in [2.45, 2.75) is 44.6 Å². The van der Waals surface area contributed by atoms with Crippen LogP contribution in [0.15, 0.2) is 59.5 Å². The van der Waals surface area contributed by atoms with Crippen molar-refractivity contribution in [1.29, 1.82) is 0 Å². The number of aromatic hydroxyl groups is 1.